The Hall–Kier alpha value is -0.940. The van der Waals surface area contributed by atoms with Crippen LogP contribution in [0.1, 0.15) is 60.0 Å². The standard InChI is InChI=1S/C18H27N3OS/c22-18(13-7-9-19-10-8-13)21-11-3-4-14(12-21)17-20-15-5-1-2-6-16(15)23-17/h13-14,19H,1-12H2. The first-order chi connectivity index (χ1) is 11.3. The molecule has 1 amide bonds. The molecule has 5 heteroatoms. The predicted molar refractivity (Wildman–Crippen MR) is 92.9 cm³/mol. The highest BCUT2D eigenvalue weighted by Crippen LogP contribution is 2.35. The van der Waals surface area contributed by atoms with Crippen molar-refractivity contribution >= 4 is 17.2 Å². The van der Waals surface area contributed by atoms with E-state index in [0.29, 0.717) is 11.8 Å². The fourth-order valence-electron chi connectivity index (χ4n) is 4.25. The molecular formula is C18H27N3OS. The Bertz CT molecular complexity index is 541. The van der Waals surface area contributed by atoms with E-state index >= 15 is 0 Å². The summed E-state index contributed by atoms with van der Waals surface area (Å²) in [6, 6.07) is 0. The number of nitrogens with zero attached hydrogens (tertiary/aromatic N) is 2. The number of aromatic nitrogens is 1. The van der Waals surface area contributed by atoms with E-state index in [1.807, 2.05) is 11.3 Å². The van der Waals surface area contributed by atoms with Gasteiger partial charge in [0.15, 0.2) is 0 Å². The van der Waals surface area contributed by atoms with E-state index in [4.69, 9.17) is 4.98 Å². The maximum Gasteiger partial charge on any atom is 0.225 e. The molecule has 126 valence electrons. The highest BCUT2D eigenvalue weighted by atomic mass is 32.1. The minimum absolute atomic E-state index is 0.250. The van der Waals surface area contributed by atoms with Gasteiger partial charge in [-0.3, -0.25) is 4.79 Å². The number of hydrogen-bond donors (Lipinski definition) is 1. The van der Waals surface area contributed by atoms with Gasteiger partial charge in [0.25, 0.3) is 0 Å². The summed E-state index contributed by atoms with van der Waals surface area (Å²) >= 11 is 1.93. The zero-order valence-corrected chi connectivity index (χ0v) is 14.7. The third-order valence-electron chi connectivity index (χ3n) is 5.63. The molecule has 0 saturated carbocycles. The summed E-state index contributed by atoms with van der Waals surface area (Å²) in [7, 11) is 0. The summed E-state index contributed by atoms with van der Waals surface area (Å²) in [4.78, 5) is 21.4. The average molecular weight is 334 g/mol. The molecule has 0 bridgehead atoms. The molecule has 1 aromatic heterocycles. The molecule has 0 aromatic carbocycles. The van der Waals surface area contributed by atoms with E-state index in [9.17, 15) is 4.79 Å². The lowest BCUT2D eigenvalue weighted by molar-refractivity contribution is -0.137. The second-order valence-corrected chi connectivity index (χ2v) is 8.39. The van der Waals surface area contributed by atoms with Crippen LogP contribution in [0.25, 0.3) is 0 Å². The molecule has 4 nitrogen and oxygen atoms in total. The van der Waals surface area contributed by atoms with Crippen LogP contribution in [0.4, 0.5) is 0 Å². The molecule has 2 aliphatic heterocycles. The van der Waals surface area contributed by atoms with Gasteiger partial charge in [-0.2, -0.15) is 0 Å². The highest BCUT2D eigenvalue weighted by Gasteiger charge is 2.31. The van der Waals surface area contributed by atoms with Gasteiger partial charge in [-0.1, -0.05) is 0 Å². The summed E-state index contributed by atoms with van der Waals surface area (Å²) in [6.07, 6.45) is 9.33. The van der Waals surface area contributed by atoms with E-state index < -0.39 is 0 Å². The van der Waals surface area contributed by atoms with Crippen molar-refractivity contribution in [2.24, 2.45) is 5.92 Å². The van der Waals surface area contributed by atoms with Crippen molar-refractivity contribution in [1.29, 1.82) is 0 Å². The van der Waals surface area contributed by atoms with E-state index in [0.717, 1.165) is 51.9 Å². The molecular weight excluding hydrogens is 306 g/mol. The van der Waals surface area contributed by atoms with Crippen LogP contribution in [0, 0.1) is 5.92 Å². The Balaban J connectivity index is 1.44. The number of nitrogens with one attached hydrogen (secondary N) is 1. The number of likely N-dealkylation sites (tertiary alicyclic amines) is 1. The van der Waals surface area contributed by atoms with Gasteiger partial charge in [-0.25, -0.2) is 4.98 Å². The number of amides is 1. The second kappa shape index (κ2) is 6.89. The van der Waals surface area contributed by atoms with Crippen molar-refractivity contribution < 1.29 is 4.79 Å². The van der Waals surface area contributed by atoms with E-state index in [1.54, 1.807) is 0 Å². The first kappa shape index (κ1) is 15.6. The van der Waals surface area contributed by atoms with Crippen molar-refractivity contribution in [1.82, 2.24) is 15.2 Å². The van der Waals surface area contributed by atoms with E-state index in [-0.39, 0.29) is 5.92 Å². The highest BCUT2D eigenvalue weighted by molar-refractivity contribution is 7.11. The lowest BCUT2D eigenvalue weighted by atomic mass is 9.93. The Morgan fingerprint density at radius 2 is 1.96 bits per heavy atom. The van der Waals surface area contributed by atoms with Crippen molar-refractivity contribution in [3.63, 3.8) is 0 Å². The molecule has 0 spiro atoms. The fourth-order valence-corrected chi connectivity index (χ4v) is 5.53. The molecule has 3 heterocycles. The Morgan fingerprint density at radius 1 is 1.13 bits per heavy atom. The van der Waals surface area contributed by atoms with Gasteiger partial charge in [-0.05, 0) is 64.5 Å². The molecule has 1 aliphatic carbocycles. The lowest BCUT2D eigenvalue weighted by Gasteiger charge is -2.35. The summed E-state index contributed by atoms with van der Waals surface area (Å²) in [5.41, 5.74) is 1.36. The van der Waals surface area contributed by atoms with Gasteiger partial charge in [0.05, 0.1) is 10.7 Å². The molecule has 4 rings (SSSR count). The molecule has 2 saturated heterocycles. The van der Waals surface area contributed by atoms with Gasteiger partial charge >= 0.3 is 0 Å². The lowest BCUT2D eigenvalue weighted by Crippen LogP contribution is -2.45. The van der Waals surface area contributed by atoms with Gasteiger partial charge < -0.3 is 10.2 Å². The molecule has 1 aromatic rings. The smallest absolute Gasteiger partial charge is 0.225 e. The summed E-state index contributed by atoms with van der Waals surface area (Å²) in [5.74, 6) is 1.13. The molecule has 1 atom stereocenters. The monoisotopic (exact) mass is 333 g/mol. The maximum absolute atomic E-state index is 12.8. The van der Waals surface area contributed by atoms with Crippen molar-refractivity contribution in [2.75, 3.05) is 26.2 Å². The summed E-state index contributed by atoms with van der Waals surface area (Å²) < 4.78 is 0. The van der Waals surface area contributed by atoms with Crippen LogP contribution >= 0.6 is 11.3 Å². The Labute approximate surface area is 142 Å². The molecule has 1 N–H and O–H groups in total. The van der Waals surface area contributed by atoms with Gasteiger partial charge in [-0.15, -0.1) is 11.3 Å². The third-order valence-corrected chi connectivity index (χ3v) is 6.95. The van der Waals surface area contributed by atoms with Crippen LogP contribution in [0.3, 0.4) is 0 Å². The SMILES string of the molecule is O=C(C1CCNCC1)N1CCCC(c2nc3c(s2)CCCC3)C1. The van der Waals surface area contributed by atoms with Gasteiger partial charge in [0.1, 0.15) is 0 Å². The van der Waals surface area contributed by atoms with Crippen molar-refractivity contribution in [3.8, 4) is 0 Å². The largest absolute Gasteiger partial charge is 0.342 e. The van der Waals surface area contributed by atoms with Crippen LogP contribution in [-0.4, -0.2) is 42.0 Å². The van der Waals surface area contributed by atoms with Gasteiger partial charge in [0, 0.05) is 29.8 Å². The average Bonchev–Trinajstić information content (AvgIpc) is 3.06. The number of carbonyl (C=O) groups excluding carboxylic acids is 1. The number of aryl methyl sites for hydroxylation is 2. The van der Waals surface area contributed by atoms with E-state index in [1.165, 1.54) is 41.3 Å². The Morgan fingerprint density at radius 3 is 2.78 bits per heavy atom. The second-order valence-electron chi connectivity index (χ2n) is 7.28. The maximum atomic E-state index is 12.8. The Kier molecular flexibility index (Phi) is 4.67. The minimum Gasteiger partial charge on any atom is -0.342 e. The number of thiazole rings is 1. The number of carbonyl (C=O) groups is 1. The number of piperidine rings is 2. The van der Waals surface area contributed by atoms with Crippen LogP contribution < -0.4 is 5.32 Å². The molecule has 1 unspecified atom stereocenters. The quantitative estimate of drug-likeness (QED) is 0.905. The van der Waals surface area contributed by atoms with Crippen LogP contribution in [0.5, 0.6) is 0 Å². The van der Waals surface area contributed by atoms with Crippen LogP contribution in [-0.2, 0) is 17.6 Å². The zero-order chi connectivity index (χ0) is 15.6. The first-order valence-electron chi connectivity index (χ1n) is 9.29. The topological polar surface area (TPSA) is 45.2 Å². The molecule has 23 heavy (non-hydrogen) atoms. The zero-order valence-electron chi connectivity index (χ0n) is 13.9. The number of rotatable bonds is 2. The third kappa shape index (κ3) is 3.31. The predicted octanol–water partition coefficient (Wildman–Crippen LogP) is 2.73. The molecule has 3 aliphatic rings. The number of hydrogen-bond acceptors (Lipinski definition) is 4. The van der Waals surface area contributed by atoms with Crippen molar-refractivity contribution in [3.05, 3.63) is 15.6 Å². The number of fused-ring (bicyclic) bond motifs is 1. The van der Waals surface area contributed by atoms with Crippen LogP contribution in [0.15, 0.2) is 0 Å². The summed E-state index contributed by atoms with van der Waals surface area (Å²) in [6.45, 7) is 3.83. The molecule has 2 fully saturated rings. The van der Waals surface area contributed by atoms with Crippen LogP contribution in [0.2, 0.25) is 0 Å². The fraction of sp³-hybridized carbons (Fsp3) is 0.778. The summed E-state index contributed by atoms with van der Waals surface area (Å²) in [5, 5.41) is 4.66. The normalized spacial score (nSPS) is 26.1. The first-order valence-corrected chi connectivity index (χ1v) is 10.1. The molecule has 0 radical (unpaired) electrons. The van der Waals surface area contributed by atoms with E-state index in [2.05, 4.69) is 10.2 Å². The minimum atomic E-state index is 0.250. The van der Waals surface area contributed by atoms with Crippen molar-refractivity contribution in [2.45, 2.75) is 57.3 Å². The van der Waals surface area contributed by atoms with Gasteiger partial charge in [0.2, 0.25) is 5.91 Å².